The highest BCUT2D eigenvalue weighted by atomic mass is 19.1. The number of benzene rings is 2. The van der Waals surface area contributed by atoms with Crippen LogP contribution in [0.5, 0.6) is 0 Å². The Balaban J connectivity index is 1.96. The largest absolute Gasteiger partial charge is 0.381 e. The average Bonchev–Trinajstić information content (AvgIpc) is 2.64. The Morgan fingerprint density at radius 1 is 1.30 bits per heavy atom. The van der Waals surface area contributed by atoms with Crippen molar-refractivity contribution < 1.29 is 9.18 Å². The van der Waals surface area contributed by atoms with E-state index in [1.54, 1.807) is 6.07 Å². The Hall–Kier alpha value is -3.08. The molecule has 0 saturated heterocycles. The van der Waals surface area contributed by atoms with Gasteiger partial charge in [-0.25, -0.2) is 4.39 Å². The molecule has 2 aromatic rings. The van der Waals surface area contributed by atoms with E-state index in [9.17, 15) is 9.18 Å². The third-order valence-corrected chi connectivity index (χ3v) is 4.53. The molecule has 0 atom stereocenters. The van der Waals surface area contributed by atoms with Crippen molar-refractivity contribution in [3.8, 4) is 0 Å². The molecule has 0 saturated carbocycles. The predicted octanol–water partition coefficient (Wildman–Crippen LogP) is 4.21. The lowest BCUT2D eigenvalue weighted by molar-refractivity contribution is -0.116. The summed E-state index contributed by atoms with van der Waals surface area (Å²) >= 11 is 0. The monoisotopic (exact) mass is 365 g/mol. The number of anilines is 2. The maximum atomic E-state index is 13.5. The highest BCUT2D eigenvalue weighted by Crippen LogP contribution is 2.34. The van der Waals surface area contributed by atoms with Gasteiger partial charge >= 0.3 is 0 Å². The van der Waals surface area contributed by atoms with Crippen LogP contribution in [0.4, 0.5) is 15.8 Å². The first kappa shape index (κ1) is 18.7. The van der Waals surface area contributed by atoms with Gasteiger partial charge in [0.2, 0.25) is 5.91 Å². The lowest BCUT2D eigenvalue weighted by Gasteiger charge is -2.23. The van der Waals surface area contributed by atoms with Crippen LogP contribution < -0.4 is 16.0 Å². The van der Waals surface area contributed by atoms with Crippen LogP contribution in [0.15, 0.2) is 54.8 Å². The lowest BCUT2D eigenvalue weighted by atomic mass is 9.92. The molecule has 5 heteroatoms. The maximum absolute atomic E-state index is 13.5. The molecule has 0 fully saturated rings. The van der Waals surface area contributed by atoms with E-state index in [1.165, 1.54) is 12.1 Å². The van der Waals surface area contributed by atoms with E-state index < -0.39 is 0 Å². The molecular formula is C22H24FN3O. The summed E-state index contributed by atoms with van der Waals surface area (Å²) in [7, 11) is 0. The molecule has 0 bridgehead atoms. The number of halogens is 1. The van der Waals surface area contributed by atoms with Crippen molar-refractivity contribution in [1.82, 2.24) is 0 Å². The fraction of sp³-hybridized carbons (Fsp3) is 0.227. The van der Waals surface area contributed by atoms with Crippen molar-refractivity contribution in [3.63, 3.8) is 0 Å². The first-order valence-corrected chi connectivity index (χ1v) is 9.06. The van der Waals surface area contributed by atoms with Crippen molar-refractivity contribution in [3.05, 3.63) is 77.3 Å². The van der Waals surface area contributed by atoms with E-state index >= 15 is 0 Å². The molecule has 3 rings (SSSR count). The Morgan fingerprint density at radius 2 is 2.11 bits per heavy atom. The minimum Gasteiger partial charge on any atom is -0.381 e. The Bertz CT molecular complexity index is 918. The minimum atomic E-state index is -0.378. The maximum Gasteiger partial charge on any atom is 0.237 e. The quantitative estimate of drug-likeness (QED) is 0.806. The normalized spacial score (nSPS) is 13.1. The van der Waals surface area contributed by atoms with Crippen molar-refractivity contribution in [2.75, 3.05) is 23.3 Å². The number of carbonyl (C=O) groups is 1. The van der Waals surface area contributed by atoms with Gasteiger partial charge in [-0.3, -0.25) is 4.79 Å². The molecule has 1 aliphatic heterocycles. The van der Waals surface area contributed by atoms with E-state index in [-0.39, 0.29) is 18.3 Å². The summed E-state index contributed by atoms with van der Waals surface area (Å²) in [5.41, 5.74) is 11.3. The smallest absolute Gasteiger partial charge is 0.237 e. The number of rotatable bonds is 6. The van der Waals surface area contributed by atoms with E-state index in [0.29, 0.717) is 6.54 Å². The number of amides is 1. The molecule has 1 heterocycles. The Morgan fingerprint density at radius 3 is 2.81 bits per heavy atom. The molecule has 0 radical (unpaired) electrons. The molecule has 0 unspecified atom stereocenters. The fourth-order valence-electron chi connectivity index (χ4n) is 3.31. The number of hydrogen-bond acceptors (Lipinski definition) is 3. The molecular weight excluding hydrogens is 341 g/mol. The summed E-state index contributed by atoms with van der Waals surface area (Å²) in [6, 6.07) is 10.9. The van der Waals surface area contributed by atoms with Gasteiger partial charge in [-0.1, -0.05) is 25.1 Å². The fourth-order valence-corrected chi connectivity index (χ4v) is 3.31. The number of aryl methyl sites for hydroxylation is 1. The van der Waals surface area contributed by atoms with Gasteiger partial charge in [0, 0.05) is 29.7 Å². The van der Waals surface area contributed by atoms with Gasteiger partial charge < -0.3 is 16.0 Å². The highest BCUT2D eigenvalue weighted by Gasteiger charge is 2.16. The van der Waals surface area contributed by atoms with E-state index in [4.69, 9.17) is 5.73 Å². The molecule has 1 aliphatic rings. The van der Waals surface area contributed by atoms with Gasteiger partial charge in [0.05, 0.1) is 0 Å². The number of carbonyl (C=O) groups excluding carboxylic acids is 1. The molecule has 3 N–H and O–H groups in total. The zero-order valence-corrected chi connectivity index (χ0v) is 15.6. The summed E-state index contributed by atoms with van der Waals surface area (Å²) in [6.07, 6.45) is 6.87. The summed E-state index contributed by atoms with van der Waals surface area (Å²) in [5.74, 6) is -0.630. The predicted molar refractivity (Wildman–Crippen MR) is 109 cm³/mol. The zero-order chi connectivity index (χ0) is 19.4. The number of fused-ring (bicyclic) bond motifs is 1. The van der Waals surface area contributed by atoms with Crippen molar-refractivity contribution in [2.45, 2.75) is 20.3 Å². The number of nitrogens with zero attached hydrogens (tertiary/aromatic N) is 1. The van der Waals surface area contributed by atoms with Crippen LogP contribution in [0.2, 0.25) is 0 Å². The molecule has 0 spiro atoms. The lowest BCUT2D eigenvalue weighted by Crippen LogP contribution is -2.30. The summed E-state index contributed by atoms with van der Waals surface area (Å²) in [4.78, 5) is 13.3. The van der Waals surface area contributed by atoms with Crippen LogP contribution in [0, 0.1) is 12.7 Å². The van der Waals surface area contributed by atoms with Gasteiger partial charge in [0.15, 0.2) is 0 Å². The third-order valence-electron chi connectivity index (χ3n) is 4.53. The van der Waals surface area contributed by atoms with Crippen LogP contribution in [0.1, 0.15) is 30.0 Å². The molecule has 0 aliphatic carbocycles. The number of nitrogens with one attached hydrogen (secondary N) is 1. The molecule has 27 heavy (non-hydrogen) atoms. The van der Waals surface area contributed by atoms with Crippen molar-refractivity contribution in [1.29, 1.82) is 0 Å². The first-order chi connectivity index (χ1) is 13.0. The highest BCUT2D eigenvalue weighted by molar-refractivity contribution is 5.89. The second-order valence-corrected chi connectivity index (χ2v) is 6.58. The molecule has 4 nitrogen and oxygen atoms in total. The molecule has 1 amide bonds. The minimum absolute atomic E-state index is 0.130. The van der Waals surface area contributed by atoms with Crippen LogP contribution in [0.3, 0.4) is 0 Å². The molecule has 2 aromatic carbocycles. The summed E-state index contributed by atoms with van der Waals surface area (Å²) < 4.78 is 13.5. The number of hydrogen-bond donors (Lipinski definition) is 2. The third kappa shape index (κ3) is 4.19. The van der Waals surface area contributed by atoms with Crippen LogP contribution in [0.25, 0.3) is 5.57 Å². The van der Waals surface area contributed by atoms with Gasteiger partial charge in [-0.05, 0) is 60.4 Å². The second kappa shape index (κ2) is 8.08. The summed E-state index contributed by atoms with van der Waals surface area (Å²) in [5, 5.41) is 3.21. The molecule has 0 aromatic heterocycles. The van der Waals surface area contributed by atoms with Gasteiger partial charge in [-0.15, -0.1) is 0 Å². The van der Waals surface area contributed by atoms with E-state index in [0.717, 1.165) is 40.1 Å². The standard InChI is InChI=1S/C22H24FN3O/c1-3-4-11-26(14-22(24)27)21-8-5-16(12-15(21)2)18-9-10-25-20-13-17(23)6-7-19(18)20/h4-9,11-13,25H,3,10,14H2,1-2H3,(H2,24,27). The molecule has 140 valence electrons. The van der Waals surface area contributed by atoms with Gasteiger partial charge in [0.1, 0.15) is 12.4 Å². The van der Waals surface area contributed by atoms with Crippen LogP contribution >= 0.6 is 0 Å². The number of nitrogens with two attached hydrogens (primary N) is 1. The van der Waals surface area contributed by atoms with E-state index in [2.05, 4.69) is 17.5 Å². The Kier molecular flexibility index (Phi) is 5.60. The van der Waals surface area contributed by atoms with Crippen molar-refractivity contribution >= 4 is 22.9 Å². The topological polar surface area (TPSA) is 58.4 Å². The van der Waals surface area contributed by atoms with Crippen LogP contribution in [-0.2, 0) is 4.79 Å². The number of primary amides is 1. The van der Waals surface area contributed by atoms with Gasteiger partial charge in [0.25, 0.3) is 0 Å². The zero-order valence-electron chi connectivity index (χ0n) is 15.6. The van der Waals surface area contributed by atoms with Crippen LogP contribution in [-0.4, -0.2) is 19.0 Å². The first-order valence-electron chi connectivity index (χ1n) is 9.06. The van der Waals surface area contributed by atoms with Gasteiger partial charge in [-0.2, -0.15) is 0 Å². The Labute approximate surface area is 159 Å². The summed E-state index contributed by atoms with van der Waals surface area (Å²) in [6.45, 7) is 4.84. The average molecular weight is 365 g/mol. The SMILES string of the molecule is CCC=CN(CC(N)=O)c1ccc(C2=CCNc3cc(F)ccc32)cc1C. The van der Waals surface area contributed by atoms with E-state index in [1.807, 2.05) is 43.2 Å². The van der Waals surface area contributed by atoms with Crippen molar-refractivity contribution in [2.24, 2.45) is 5.73 Å². The second-order valence-electron chi connectivity index (χ2n) is 6.58. The number of allylic oxidation sites excluding steroid dienone is 1.